The van der Waals surface area contributed by atoms with Crippen LogP contribution in [-0.2, 0) is 39.5 Å². The van der Waals surface area contributed by atoms with Crippen LogP contribution in [0, 0.1) is 46.5 Å². The van der Waals surface area contributed by atoms with Crippen molar-refractivity contribution in [3.05, 3.63) is 113 Å². The topological polar surface area (TPSA) is 105 Å². The van der Waals surface area contributed by atoms with Crippen LogP contribution < -0.4 is 4.74 Å². The predicted molar refractivity (Wildman–Crippen MR) is 176 cm³/mol. The maximum absolute atomic E-state index is 13.3. The summed E-state index contributed by atoms with van der Waals surface area (Å²) >= 11 is 0. The molecule has 28 heteroatoms. The Labute approximate surface area is 346 Å². The summed E-state index contributed by atoms with van der Waals surface area (Å²) in [5.74, 6) is -32.9. The smallest absolute Gasteiger partial charge is 0.431 e. The highest BCUT2D eigenvalue weighted by atomic mass is 19.4. The quantitative estimate of drug-likeness (QED) is 0.0372. The van der Waals surface area contributed by atoms with E-state index in [0.29, 0.717) is 12.1 Å². The van der Waals surface area contributed by atoms with Gasteiger partial charge in [-0.15, -0.1) is 0 Å². The van der Waals surface area contributed by atoms with Gasteiger partial charge in [0, 0.05) is 22.3 Å². The molecule has 0 heterocycles. The first-order valence-electron chi connectivity index (χ1n) is 15.9. The van der Waals surface area contributed by atoms with Crippen molar-refractivity contribution in [3.8, 4) is 5.75 Å². The molecule has 0 saturated carbocycles. The van der Waals surface area contributed by atoms with Gasteiger partial charge in [-0.05, 0) is 39.8 Å². The van der Waals surface area contributed by atoms with Gasteiger partial charge in [-0.25, -0.2) is 58.7 Å². The van der Waals surface area contributed by atoms with Gasteiger partial charge < -0.3 is 18.9 Å². The summed E-state index contributed by atoms with van der Waals surface area (Å²) in [6.07, 6.45) is -18.4. The van der Waals surface area contributed by atoms with Crippen LogP contribution in [0.25, 0.3) is 0 Å². The van der Waals surface area contributed by atoms with E-state index < -0.39 is 132 Å². The molecule has 0 aliphatic carbocycles. The van der Waals surface area contributed by atoms with Crippen LogP contribution in [0.3, 0.4) is 0 Å². The van der Waals surface area contributed by atoms with Crippen LogP contribution in [0.1, 0.15) is 33.3 Å². The van der Waals surface area contributed by atoms with E-state index in [-0.39, 0.29) is 22.3 Å². The highest BCUT2D eigenvalue weighted by Crippen LogP contribution is 2.36. The fourth-order valence-electron chi connectivity index (χ4n) is 2.81. The molecule has 0 saturated heterocycles. The molecule has 0 N–H and O–H groups in total. The van der Waals surface area contributed by atoms with Gasteiger partial charge in [-0.3, -0.25) is 0 Å². The molecule has 360 valence electrons. The van der Waals surface area contributed by atoms with E-state index in [0.717, 1.165) is 20.8 Å². The molecule has 0 fully saturated rings. The third kappa shape index (κ3) is 18.3. The largest absolute Gasteiger partial charge is 0.456 e. The number of carbonyl (C=O) groups is 4. The van der Waals surface area contributed by atoms with E-state index in [2.05, 4.69) is 45.3 Å². The van der Waals surface area contributed by atoms with Crippen LogP contribution in [0.2, 0.25) is 0 Å². The van der Waals surface area contributed by atoms with Crippen molar-refractivity contribution in [3.63, 3.8) is 0 Å². The fraction of sp³-hybridized carbons (Fsp3) is 0.333. The molecule has 2 aromatic rings. The molecule has 64 heavy (non-hydrogen) atoms. The van der Waals surface area contributed by atoms with E-state index in [9.17, 15) is 107 Å². The molecule has 2 aromatic carbocycles. The van der Waals surface area contributed by atoms with Crippen molar-refractivity contribution >= 4 is 23.9 Å². The second-order valence-electron chi connectivity index (χ2n) is 11.9. The van der Waals surface area contributed by atoms with E-state index in [1.165, 1.54) is 6.92 Å². The molecule has 0 bridgehead atoms. The molecule has 2 rings (SSSR count). The number of carbonyl (C=O) groups excluding carboxylic acids is 4. The molecular formula is C36H28F20O8. The van der Waals surface area contributed by atoms with Crippen LogP contribution in [-0.4, -0.2) is 67.7 Å². The SMILES string of the molecule is C=C(C)C(=O)OC(F)(F)c1ccc(F)c(F)c1F.C=C(C)C(=O)OCC(F)(F)C(F)C(F)(F)F.C=C(C)C(=O)OCC(F)(F)C(F)F.C=C(C)C(=O)Oc1c(F)c(F)c(F)c(F)c1F. The number of esters is 4. The molecule has 8 nitrogen and oxygen atoms in total. The van der Waals surface area contributed by atoms with Gasteiger partial charge in [-0.1, -0.05) is 26.3 Å². The minimum absolute atomic E-state index is 0.120. The molecule has 0 spiro atoms. The van der Waals surface area contributed by atoms with Gasteiger partial charge in [-0.2, -0.15) is 48.3 Å². The lowest BCUT2D eigenvalue weighted by Gasteiger charge is -2.22. The predicted octanol–water partition coefficient (Wildman–Crippen LogP) is 10.8. The zero-order chi connectivity index (χ0) is 51.2. The van der Waals surface area contributed by atoms with E-state index in [1.807, 2.05) is 0 Å². The molecule has 0 amide bonds. The average molecular weight is 969 g/mol. The highest BCUT2D eigenvalue weighted by Gasteiger charge is 2.57. The summed E-state index contributed by atoms with van der Waals surface area (Å²) in [7, 11) is 0. The molecule has 0 aliphatic rings. The average Bonchev–Trinajstić information content (AvgIpc) is 3.17. The zero-order valence-corrected chi connectivity index (χ0v) is 32.4. The van der Waals surface area contributed by atoms with Crippen molar-refractivity contribution in [1.82, 2.24) is 0 Å². The number of ether oxygens (including phenoxy) is 4. The first-order valence-corrected chi connectivity index (χ1v) is 15.9. The third-order valence-corrected chi connectivity index (χ3v) is 6.10. The second kappa shape index (κ2) is 24.1. The fourth-order valence-corrected chi connectivity index (χ4v) is 2.81. The first kappa shape index (κ1) is 60.0. The maximum atomic E-state index is 13.3. The lowest BCUT2D eigenvalue weighted by atomic mass is 10.2. The standard InChI is InChI=1S/C11H7F5O2.C10H5F5O2.C8H8F6O2.C7H8F4O2/c1-5(2)10(17)18-11(15,16)6-3-4-7(12)9(14)8(6)13;1-3(2)10(16)17-9-7(14)5(12)4(11)6(13)8(9)15;1-4(2)5(15)16-3-7(10,11)6(9)8(12,13)14;1-4(2)5(12)13-3-7(10,11)6(8)9/h3-4H,1H2,2H3;1H2,2H3;6H,1,3H2,2H3;6H,1,3H2,2H3. The summed E-state index contributed by atoms with van der Waals surface area (Å²) < 4.78 is 264. The Morgan fingerprint density at radius 2 is 0.875 bits per heavy atom. The molecule has 1 atom stereocenters. The van der Waals surface area contributed by atoms with Crippen molar-refractivity contribution in [2.45, 2.75) is 64.4 Å². The van der Waals surface area contributed by atoms with Crippen molar-refractivity contribution in [2.24, 2.45) is 0 Å². The number of alkyl halides is 12. The molecule has 0 radical (unpaired) electrons. The zero-order valence-electron chi connectivity index (χ0n) is 32.4. The summed E-state index contributed by atoms with van der Waals surface area (Å²) in [5, 5.41) is 0. The van der Waals surface area contributed by atoms with Crippen LogP contribution >= 0.6 is 0 Å². The van der Waals surface area contributed by atoms with Crippen LogP contribution in [0.4, 0.5) is 87.8 Å². The maximum Gasteiger partial charge on any atom is 0.431 e. The van der Waals surface area contributed by atoms with Crippen molar-refractivity contribution in [2.75, 3.05) is 13.2 Å². The monoisotopic (exact) mass is 968 g/mol. The molecule has 0 aromatic heterocycles. The van der Waals surface area contributed by atoms with E-state index in [4.69, 9.17) is 0 Å². The Kier molecular flexibility index (Phi) is 22.6. The highest BCUT2D eigenvalue weighted by molar-refractivity contribution is 5.89. The first-order chi connectivity index (χ1) is 28.7. The van der Waals surface area contributed by atoms with Crippen molar-refractivity contribution < 1.29 is 126 Å². The second-order valence-corrected chi connectivity index (χ2v) is 11.9. The third-order valence-electron chi connectivity index (χ3n) is 6.10. The summed E-state index contributed by atoms with van der Waals surface area (Å²) in [4.78, 5) is 42.9. The van der Waals surface area contributed by atoms with E-state index >= 15 is 0 Å². The summed E-state index contributed by atoms with van der Waals surface area (Å²) in [6.45, 7) is 13.2. The lowest BCUT2D eigenvalue weighted by molar-refractivity contribution is -0.254. The molecule has 0 aliphatic heterocycles. The molecular weight excluding hydrogens is 940 g/mol. The Balaban J connectivity index is 0. The summed E-state index contributed by atoms with van der Waals surface area (Å²) in [5.41, 5.74) is -2.58. The number of benzene rings is 2. The van der Waals surface area contributed by atoms with E-state index in [1.54, 1.807) is 0 Å². The Morgan fingerprint density at radius 3 is 1.22 bits per heavy atom. The number of hydrogen-bond acceptors (Lipinski definition) is 8. The Hall–Kier alpha value is -6.12. The van der Waals surface area contributed by atoms with Gasteiger partial charge in [0.05, 0.1) is 0 Å². The number of halogens is 20. The van der Waals surface area contributed by atoms with Crippen LogP contribution in [0.15, 0.2) is 60.7 Å². The van der Waals surface area contributed by atoms with Gasteiger partial charge >= 0.3 is 54.4 Å². The molecule has 1 unspecified atom stereocenters. The minimum atomic E-state index is -5.71. The van der Waals surface area contributed by atoms with Gasteiger partial charge in [0.25, 0.3) is 6.17 Å². The lowest BCUT2D eigenvalue weighted by Crippen LogP contribution is -2.45. The van der Waals surface area contributed by atoms with Gasteiger partial charge in [0.1, 0.15) is 5.56 Å². The van der Waals surface area contributed by atoms with Crippen molar-refractivity contribution in [1.29, 1.82) is 0 Å². The Morgan fingerprint density at radius 1 is 0.516 bits per heavy atom. The number of rotatable bonds is 13. The summed E-state index contributed by atoms with van der Waals surface area (Å²) in [6, 6.07) is 0.593. The number of hydrogen-bond donors (Lipinski definition) is 0. The minimum Gasteiger partial charge on any atom is -0.456 e. The normalized spacial score (nSPS) is 11.8. The van der Waals surface area contributed by atoms with Gasteiger partial charge in [0.15, 0.2) is 30.7 Å². The van der Waals surface area contributed by atoms with Crippen LogP contribution in [0.5, 0.6) is 5.75 Å². The Bertz CT molecular complexity index is 2050. The van der Waals surface area contributed by atoms with Gasteiger partial charge in [0.2, 0.25) is 34.8 Å².